The van der Waals surface area contributed by atoms with Gasteiger partial charge in [0.25, 0.3) is 0 Å². The zero-order valence-electron chi connectivity index (χ0n) is 13.6. The Bertz CT molecular complexity index is 231. The van der Waals surface area contributed by atoms with Gasteiger partial charge in [0.05, 0.1) is 6.61 Å². The second-order valence-corrected chi connectivity index (χ2v) is 6.84. The first kappa shape index (κ1) is 16.9. The highest BCUT2D eigenvalue weighted by atomic mass is 16.5. The van der Waals surface area contributed by atoms with Gasteiger partial charge in [-0.05, 0) is 43.7 Å². The van der Waals surface area contributed by atoms with Crippen LogP contribution in [0.5, 0.6) is 0 Å². The molecule has 0 aliphatic heterocycles. The van der Waals surface area contributed by atoms with E-state index in [2.05, 4.69) is 37.9 Å². The molecule has 3 heteroatoms. The van der Waals surface area contributed by atoms with E-state index in [9.17, 15) is 0 Å². The van der Waals surface area contributed by atoms with Crippen molar-refractivity contribution >= 4 is 0 Å². The van der Waals surface area contributed by atoms with E-state index in [-0.39, 0.29) is 0 Å². The number of nitrogens with one attached hydrogen (secondary N) is 1. The normalized spacial score (nSPS) is 23.4. The smallest absolute Gasteiger partial charge is 0.0589 e. The van der Waals surface area contributed by atoms with Crippen molar-refractivity contribution in [1.82, 2.24) is 10.2 Å². The maximum atomic E-state index is 5.26. The summed E-state index contributed by atoms with van der Waals surface area (Å²) in [4.78, 5) is 2.65. The third kappa shape index (κ3) is 6.24. The van der Waals surface area contributed by atoms with Crippen molar-refractivity contribution in [1.29, 1.82) is 0 Å². The molecule has 0 bridgehead atoms. The molecule has 1 fully saturated rings. The van der Waals surface area contributed by atoms with Crippen LogP contribution in [0.1, 0.15) is 40.5 Å². The van der Waals surface area contributed by atoms with E-state index in [1.807, 2.05) is 0 Å². The Labute approximate surface area is 120 Å². The lowest BCUT2D eigenvalue weighted by atomic mass is 9.78. The highest BCUT2D eigenvalue weighted by Crippen LogP contribution is 2.32. The Hall–Kier alpha value is -0.120. The fraction of sp³-hybridized carbons (Fsp3) is 1.00. The molecule has 0 radical (unpaired) electrons. The molecule has 2 unspecified atom stereocenters. The number of ether oxygens (including phenoxy) is 1. The van der Waals surface area contributed by atoms with Crippen LogP contribution in [0.2, 0.25) is 0 Å². The van der Waals surface area contributed by atoms with E-state index >= 15 is 0 Å². The van der Waals surface area contributed by atoms with Gasteiger partial charge in [-0.1, -0.05) is 27.7 Å². The van der Waals surface area contributed by atoms with Gasteiger partial charge < -0.3 is 10.1 Å². The Morgan fingerprint density at radius 2 is 1.89 bits per heavy atom. The van der Waals surface area contributed by atoms with Crippen LogP contribution in [0.4, 0.5) is 0 Å². The van der Waals surface area contributed by atoms with Crippen LogP contribution in [0.15, 0.2) is 0 Å². The first-order chi connectivity index (χ1) is 9.04. The zero-order valence-corrected chi connectivity index (χ0v) is 13.6. The molecule has 0 aromatic heterocycles. The first-order valence-corrected chi connectivity index (χ1v) is 7.98. The molecule has 0 saturated heterocycles. The predicted octanol–water partition coefficient (Wildman–Crippen LogP) is 2.62. The van der Waals surface area contributed by atoms with Crippen molar-refractivity contribution < 1.29 is 4.74 Å². The molecule has 1 aliphatic carbocycles. The van der Waals surface area contributed by atoms with Crippen LogP contribution >= 0.6 is 0 Å². The van der Waals surface area contributed by atoms with E-state index in [4.69, 9.17) is 4.74 Å². The lowest BCUT2D eigenvalue weighted by Gasteiger charge is -2.45. The minimum absolute atomic E-state index is 0.738. The van der Waals surface area contributed by atoms with Crippen LogP contribution in [0.3, 0.4) is 0 Å². The van der Waals surface area contributed by atoms with E-state index in [0.717, 1.165) is 43.5 Å². The highest BCUT2D eigenvalue weighted by molar-refractivity contribution is 4.90. The van der Waals surface area contributed by atoms with E-state index in [1.165, 1.54) is 25.9 Å². The summed E-state index contributed by atoms with van der Waals surface area (Å²) in [5, 5.41) is 3.62. The number of rotatable bonds is 10. The fourth-order valence-electron chi connectivity index (χ4n) is 2.90. The van der Waals surface area contributed by atoms with Gasteiger partial charge in [0, 0.05) is 26.2 Å². The summed E-state index contributed by atoms with van der Waals surface area (Å²) in [5.41, 5.74) is 0. The SMILES string of the molecule is COCCN(CC(C)C)C1CCC1CNCC(C)C. The van der Waals surface area contributed by atoms with Crippen LogP contribution < -0.4 is 5.32 Å². The third-order valence-corrected chi connectivity index (χ3v) is 3.99. The molecule has 1 saturated carbocycles. The van der Waals surface area contributed by atoms with Crippen LogP contribution in [-0.2, 0) is 4.74 Å². The molecule has 2 atom stereocenters. The van der Waals surface area contributed by atoms with Crippen LogP contribution in [-0.4, -0.2) is 50.8 Å². The number of hydrogen-bond acceptors (Lipinski definition) is 3. The van der Waals surface area contributed by atoms with Gasteiger partial charge in [-0.25, -0.2) is 0 Å². The van der Waals surface area contributed by atoms with Gasteiger partial charge in [-0.3, -0.25) is 4.90 Å². The Balaban J connectivity index is 2.35. The molecule has 114 valence electrons. The lowest BCUT2D eigenvalue weighted by Crippen LogP contribution is -2.52. The Morgan fingerprint density at radius 3 is 2.37 bits per heavy atom. The molecule has 0 aromatic rings. The summed E-state index contributed by atoms with van der Waals surface area (Å²) in [6.45, 7) is 14.6. The minimum atomic E-state index is 0.738. The molecule has 1 rings (SSSR count). The van der Waals surface area contributed by atoms with Gasteiger partial charge >= 0.3 is 0 Å². The maximum Gasteiger partial charge on any atom is 0.0589 e. The summed E-state index contributed by atoms with van der Waals surface area (Å²) >= 11 is 0. The van der Waals surface area contributed by atoms with Gasteiger partial charge in [0.1, 0.15) is 0 Å². The van der Waals surface area contributed by atoms with E-state index in [0.29, 0.717) is 0 Å². The average Bonchev–Trinajstić information content (AvgIpc) is 2.29. The Morgan fingerprint density at radius 1 is 1.16 bits per heavy atom. The topological polar surface area (TPSA) is 24.5 Å². The lowest BCUT2D eigenvalue weighted by molar-refractivity contribution is 0.0319. The second-order valence-electron chi connectivity index (χ2n) is 6.84. The molecule has 1 aliphatic rings. The summed E-state index contributed by atoms with van der Waals surface area (Å²) in [6, 6.07) is 0.775. The summed E-state index contributed by atoms with van der Waals surface area (Å²) in [6.07, 6.45) is 2.75. The average molecular weight is 270 g/mol. The summed E-state index contributed by atoms with van der Waals surface area (Å²) in [5.74, 6) is 2.33. The summed E-state index contributed by atoms with van der Waals surface area (Å²) in [7, 11) is 1.80. The monoisotopic (exact) mass is 270 g/mol. The van der Waals surface area contributed by atoms with E-state index < -0.39 is 0 Å². The van der Waals surface area contributed by atoms with Gasteiger partial charge in [0.15, 0.2) is 0 Å². The number of hydrogen-bond donors (Lipinski definition) is 1. The van der Waals surface area contributed by atoms with Gasteiger partial charge in [-0.2, -0.15) is 0 Å². The van der Waals surface area contributed by atoms with Crippen molar-refractivity contribution in [2.45, 2.75) is 46.6 Å². The molecule has 19 heavy (non-hydrogen) atoms. The largest absolute Gasteiger partial charge is 0.383 e. The molecule has 3 nitrogen and oxygen atoms in total. The predicted molar refractivity (Wildman–Crippen MR) is 82.5 cm³/mol. The Kier molecular flexibility index (Phi) is 7.96. The number of nitrogens with zero attached hydrogens (tertiary/aromatic N) is 1. The van der Waals surface area contributed by atoms with Gasteiger partial charge in [0.2, 0.25) is 0 Å². The minimum Gasteiger partial charge on any atom is -0.383 e. The molecule has 1 N–H and O–H groups in total. The number of methoxy groups -OCH3 is 1. The summed E-state index contributed by atoms with van der Waals surface area (Å²) < 4.78 is 5.26. The third-order valence-electron chi connectivity index (χ3n) is 3.99. The molecule has 0 spiro atoms. The molecule has 0 amide bonds. The van der Waals surface area contributed by atoms with E-state index in [1.54, 1.807) is 7.11 Å². The maximum absolute atomic E-state index is 5.26. The van der Waals surface area contributed by atoms with Gasteiger partial charge in [-0.15, -0.1) is 0 Å². The quantitative estimate of drug-likeness (QED) is 0.660. The van der Waals surface area contributed by atoms with Crippen LogP contribution in [0.25, 0.3) is 0 Å². The molecule has 0 heterocycles. The second kappa shape index (κ2) is 8.93. The molecular formula is C16H34N2O. The first-order valence-electron chi connectivity index (χ1n) is 7.98. The van der Waals surface area contributed by atoms with Crippen molar-refractivity contribution in [2.24, 2.45) is 17.8 Å². The zero-order chi connectivity index (χ0) is 14.3. The standard InChI is InChI=1S/C16H34N2O/c1-13(2)10-17-11-15-6-7-16(15)18(8-9-19-5)12-14(3)4/h13-17H,6-12H2,1-5H3. The van der Waals surface area contributed by atoms with Crippen molar-refractivity contribution in [3.05, 3.63) is 0 Å². The van der Waals surface area contributed by atoms with Crippen molar-refractivity contribution in [3.63, 3.8) is 0 Å². The highest BCUT2D eigenvalue weighted by Gasteiger charge is 2.34. The molecular weight excluding hydrogens is 236 g/mol. The molecule has 0 aromatic carbocycles. The van der Waals surface area contributed by atoms with Crippen molar-refractivity contribution in [3.8, 4) is 0 Å². The fourth-order valence-corrected chi connectivity index (χ4v) is 2.90. The van der Waals surface area contributed by atoms with Crippen LogP contribution in [0, 0.1) is 17.8 Å². The van der Waals surface area contributed by atoms with Crippen molar-refractivity contribution in [2.75, 3.05) is 39.9 Å².